The first-order chi connectivity index (χ1) is 15.8. The van der Waals surface area contributed by atoms with Gasteiger partial charge in [-0.15, -0.1) is 0 Å². The number of rotatable bonds is 9. The van der Waals surface area contributed by atoms with Gasteiger partial charge in [-0.25, -0.2) is 8.42 Å². The van der Waals surface area contributed by atoms with E-state index in [2.05, 4.69) is 0 Å². The van der Waals surface area contributed by atoms with E-state index in [1.54, 1.807) is 35.6 Å². The summed E-state index contributed by atoms with van der Waals surface area (Å²) in [5, 5.41) is 0.894. The third-order valence-corrected chi connectivity index (χ3v) is 7.44. The molecule has 2 aromatic heterocycles. The van der Waals surface area contributed by atoms with Crippen molar-refractivity contribution >= 4 is 55.6 Å². The number of thiazole rings is 1. The van der Waals surface area contributed by atoms with E-state index in [0.717, 1.165) is 20.8 Å². The Kier molecular flexibility index (Phi) is 7.28. The Morgan fingerprint density at radius 2 is 1.82 bits per heavy atom. The SMILES string of the molecule is O=S(=O)([O-])CCC[n+]1c(C=Cc2ccc(-c3ccc(SC(F)F)cc3)o2)sc2ccccc21. The van der Waals surface area contributed by atoms with Crippen molar-refractivity contribution in [2.45, 2.75) is 23.6 Å². The lowest BCUT2D eigenvalue weighted by Crippen LogP contribution is -2.35. The van der Waals surface area contributed by atoms with Crippen LogP contribution in [0, 0.1) is 0 Å². The first kappa shape index (κ1) is 23.6. The van der Waals surface area contributed by atoms with Crippen molar-refractivity contribution in [1.29, 1.82) is 0 Å². The number of hydrogen-bond donors (Lipinski definition) is 0. The molecule has 4 rings (SSSR count). The number of alkyl halides is 2. The van der Waals surface area contributed by atoms with Gasteiger partial charge in [-0.1, -0.05) is 47.4 Å². The summed E-state index contributed by atoms with van der Waals surface area (Å²) in [7, 11) is -4.26. The predicted molar refractivity (Wildman–Crippen MR) is 126 cm³/mol. The maximum Gasteiger partial charge on any atom is 0.288 e. The Bertz CT molecular complexity index is 1380. The van der Waals surface area contributed by atoms with Crippen LogP contribution in [-0.4, -0.2) is 24.5 Å². The summed E-state index contributed by atoms with van der Waals surface area (Å²) in [5.74, 6) is -1.64. The van der Waals surface area contributed by atoms with E-state index in [9.17, 15) is 21.8 Å². The summed E-state index contributed by atoms with van der Waals surface area (Å²) >= 11 is 2.05. The highest BCUT2D eigenvalue weighted by molar-refractivity contribution is 7.99. The third kappa shape index (κ3) is 6.29. The molecule has 0 N–H and O–H groups in total. The Labute approximate surface area is 198 Å². The van der Waals surface area contributed by atoms with Crippen LogP contribution in [-0.2, 0) is 16.7 Å². The first-order valence-electron chi connectivity index (χ1n) is 9.96. The lowest BCUT2D eigenvalue weighted by molar-refractivity contribution is -0.668. The summed E-state index contributed by atoms with van der Waals surface area (Å²) in [5.41, 5.74) is 1.75. The van der Waals surface area contributed by atoms with Crippen LogP contribution in [0.5, 0.6) is 0 Å². The number of hydrogen-bond acceptors (Lipinski definition) is 6. The monoisotopic (exact) mass is 507 g/mol. The van der Waals surface area contributed by atoms with Crippen molar-refractivity contribution in [3.63, 3.8) is 0 Å². The van der Waals surface area contributed by atoms with Gasteiger partial charge >= 0.3 is 0 Å². The molecule has 5 nitrogen and oxygen atoms in total. The molecule has 0 fully saturated rings. The molecule has 0 aliphatic rings. The molecule has 0 bridgehead atoms. The number of fused-ring (bicyclic) bond motifs is 1. The molecule has 0 amide bonds. The standard InChI is InChI=1S/C23H19F2NO4S3/c24-23(25)31-18-10-6-16(7-11-18)20-12-8-17(30-20)9-13-22-26(14-3-15-33(27,28)29)19-4-1-2-5-21(19)32-22/h1-2,4-13,23H,3,14-15H2. The van der Waals surface area contributed by atoms with Gasteiger partial charge in [-0.3, -0.25) is 0 Å². The Morgan fingerprint density at radius 1 is 1.06 bits per heavy atom. The Morgan fingerprint density at radius 3 is 2.55 bits per heavy atom. The van der Waals surface area contributed by atoms with Gasteiger partial charge in [0.15, 0.2) is 6.54 Å². The molecule has 2 aromatic carbocycles. The predicted octanol–water partition coefficient (Wildman–Crippen LogP) is 5.87. The van der Waals surface area contributed by atoms with Gasteiger partial charge in [0.2, 0.25) is 5.52 Å². The molecule has 0 unspecified atom stereocenters. The highest BCUT2D eigenvalue weighted by Gasteiger charge is 2.18. The van der Waals surface area contributed by atoms with E-state index in [4.69, 9.17) is 4.42 Å². The van der Waals surface area contributed by atoms with Gasteiger partial charge in [0.25, 0.3) is 10.8 Å². The van der Waals surface area contributed by atoms with Crippen LogP contribution in [0.15, 0.2) is 70.0 Å². The van der Waals surface area contributed by atoms with E-state index in [1.807, 2.05) is 53.1 Å². The first-order valence-corrected chi connectivity index (χ1v) is 13.2. The summed E-state index contributed by atoms with van der Waals surface area (Å²) in [6.45, 7) is 0.400. The lowest BCUT2D eigenvalue weighted by Gasteiger charge is -2.04. The number of furan rings is 1. The third-order valence-electron chi connectivity index (χ3n) is 4.79. The second-order valence-corrected chi connectivity index (χ2v) is 10.8. The molecule has 0 aliphatic heterocycles. The van der Waals surface area contributed by atoms with Gasteiger partial charge in [0.05, 0.1) is 10.1 Å². The largest absolute Gasteiger partial charge is 0.748 e. The minimum absolute atomic E-state index is 0.225. The van der Waals surface area contributed by atoms with Gasteiger partial charge in [0, 0.05) is 34.8 Å². The normalized spacial score (nSPS) is 12.4. The zero-order valence-electron chi connectivity index (χ0n) is 17.2. The van der Waals surface area contributed by atoms with Crippen LogP contribution >= 0.6 is 23.1 Å². The quantitative estimate of drug-likeness (QED) is 0.161. The van der Waals surface area contributed by atoms with Crippen molar-refractivity contribution in [2.24, 2.45) is 0 Å². The average molecular weight is 508 g/mol. The topological polar surface area (TPSA) is 74.2 Å². The molecule has 10 heteroatoms. The van der Waals surface area contributed by atoms with E-state index in [1.165, 1.54) is 0 Å². The molecular formula is C23H19F2NO4S3. The van der Waals surface area contributed by atoms with E-state index < -0.39 is 21.6 Å². The van der Waals surface area contributed by atoms with Gasteiger partial charge in [0.1, 0.15) is 16.2 Å². The molecule has 0 spiro atoms. The Hall–Kier alpha value is -2.53. The fourth-order valence-electron chi connectivity index (χ4n) is 3.36. The minimum atomic E-state index is -4.26. The van der Waals surface area contributed by atoms with Crippen LogP contribution in [0.4, 0.5) is 8.78 Å². The van der Waals surface area contributed by atoms with Crippen LogP contribution in [0.3, 0.4) is 0 Å². The van der Waals surface area contributed by atoms with Crippen molar-refractivity contribution in [3.8, 4) is 11.3 Å². The van der Waals surface area contributed by atoms with Crippen LogP contribution in [0.1, 0.15) is 17.2 Å². The van der Waals surface area contributed by atoms with Gasteiger partial charge < -0.3 is 8.97 Å². The van der Waals surface area contributed by atoms with Crippen molar-refractivity contribution in [1.82, 2.24) is 0 Å². The molecule has 0 aliphatic carbocycles. The number of aryl methyl sites for hydroxylation is 1. The molecule has 172 valence electrons. The van der Waals surface area contributed by atoms with Crippen molar-refractivity contribution in [3.05, 3.63) is 71.4 Å². The number of benzene rings is 2. The maximum absolute atomic E-state index is 12.5. The summed E-state index contributed by atoms with van der Waals surface area (Å²) in [6.07, 6.45) is 3.93. The molecule has 0 atom stereocenters. The van der Waals surface area contributed by atoms with E-state index >= 15 is 0 Å². The maximum atomic E-state index is 12.5. The van der Waals surface area contributed by atoms with E-state index in [-0.39, 0.29) is 6.42 Å². The molecule has 4 aromatic rings. The average Bonchev–Trinajstić information content (AvgIpc) is 3.36. The fraction of sp³-hybridized carbons (Fsp3) is 0.174. The highest BCUT2D eigenvalue weighted by atomic mass is 32.2. The van der Waals surface area contributed by atoms with Gasteiger partial charge in [-0.05, 0) is 36.4 Å². The lowest BCUT2D eigenvalue weighted by atomic mass is 10.2. The number of para-hydroxylation sites is 1. The number of aromatic nitrogens is 1. The smallest absolute Gasteiger partial charge is 0.288 e. The van der Waals surface area contributed by atoms with Crippen LogP contribution in [0.2, 0.25) is 0 Å². The second-order valence-electron chi connectivity index (χ2n) is 7.11. The van der Waals surface area contributed by atoms with Gasteiger partial charge in [-0.2, -0.15) is 13.3 Å². The Balaban J connectivity index is 1.54. The van der Waals surface area contributed by atoms with Crippen molar-refractivity contribution in [2.75, 3.05) is 5.75 Å². The number of nitrogens with zero attached hydrogens (tertiary/aromatic N) is 1. The molecule has 0 saturated carbocycles. The number of halogens is 2. The molecule has 33 heavy (non-hydrogen) atoms. The zero-order chi connectivity index (χ0) is 23.4. The highest BCUT2D eigenvalue weighted by Crippen LogP contribution is 2.29. The molecule has 2 heterocycles. The summed E-state index contributed by atoms with van der Waals surface area (Å²) in [6, 6.07) is 18.1. The fourth-order valence-corrected chi connectivity index (χ4v) is 5.43. The number of thioether (sulfide) groups is 1. The van der Waals surface area contributed by atoms with Crippen LogP contribution in [0.25, 0.3) is 33.7 Å². The second kappa shape index (κ2) is 10.2. The van der Waals surface area contributed by atoms with E-state index in [0.29, 0.717) is 34.7 Å². The zero-order valence-corrected chi connectivity index (χ0v) is 19.6. The minimum Gasteiger partial charge on any atom is -0.748 e. The summed E-state index contributed by atoms with van der Waals surface area (Å²) < 4.78 is 66.8. The van der Waals surface area contributed by atoms with Crippen molar-refractivity contribution < 1.29 is 30.7 Å². The molecule has 0 radical (unpaired) electrons. The molecular weight excluding hydrogens is 488 g/mol. The molecule has 0 saturated heterocycles. The summed E-state index contributed by atoms with van der Waals surface area (Å²) in [4.78, 5) is 0.486. The van der Waals surface area contributed by atoms with Crippen LogP contribution < -0.4 is 4.57 Å².